The van der Waals surface area contributed by atoms with Gasteiger partial charge in [0.25, 0.3) is 0 Å². The average molecular weight is 277 g/mol. The van der Waals surface area contributed by atoms with Crippen molar-refractivity contribution in [2.24, 2.45) is 0 Å². The summed E-state index contributed by atoms with van der Waals surface area (Å²) in [6, 6.07) is 0. The molecule has 1 atom stereocenters. The van der Waals surface area contributed by atoms with Gasteiger partial charge in [-0.2, -0.15) is 11.8 Å². The fourth-order valence-electron chi connectivity index (χ4n) is 2.54. The van der Waals surface area contributed by atoms with Crippen LogP contribution in [-0.4, -0.2) is 55.5 Å². The average Bonchev–Trinajstić information content (AvgIpc) is 2.35. The third-order valence-electron chi connectivity index (χ3n) is 3.95. The van der Waals surface area contributed by atoms with E-state index < -0.39 is 7.14 Å². The highest BCUT2D eigenvalue weighted by atomic mass is 32.2. The van der Waals surface area contributed by atoms with Gasteiger partial charge in [0.15, 0.2) is 0 Å². The van der Waals surface area contributed by atoms with Gasteiger partial charge in [-0.15, -0.1) is 0 Å². The van der Waals surface area contributed by atoms with E-state index in [1.54, 1.807) is 0 Å². The van der Waals surface area contributed by atoms with Gasteiger partial charge in [-0.05, 0) is 32.8 Å². The molecule has 4 heteroatoms. The maximum atomic E-state index is 12.7. The predicted molar refractivity (Wildman–Crippen MR) is 81.1 cm³/mol. The Hall–Kier alpha value is 0.540. The summed E-state index contributed by atoms with van der Waals surface area (Å²) in [7, 11) is 0.247. The van der Waals surface area contributed by atoms with E-state index in [1.807, 2.05) is 18.4 Å². The minimum Gasteiger partial charge on any atom is -0.324 e. The van der Waals surface area contributed by atoms with Crippen LogP contribution in [-0.2, 0) is 4.57 Å². The molecule has 1 saturated carbocycles. The molecule has 102 valence electrons. The molecule has 0 bridgehead atoms. The van der Waals surface area contributed by atoms with E-state index in [9.17, 15) is 4.57 Å². The zero-order valence-corrected chi connectivity index (χ0v) is 13.4. The van der Waals surface area contributed by atoms with Crippen molar-refractivity contribution in [2.45, 2.75) is 37.8 Å². The first-order valence-corrected chi connectivity index (χ1v) is 10.6. The van der Waals surface area contributed by atoms with Gasteiger partial charge in [-0.25, -0.2) is 0 Å². The van der Waals surface area contributed by atoms with Gasteiger partial charge in [-0.3, -0.25) is 0 Å². The fourth-order valence-corrected chi connectivity index (χ4v) is 5.59. The van der Waals surface area contributed by atoms with Crippen LogP contribution < -0.4 is 0 Å². The molecule has 0 N–H and O–H groups in total. The van der Waals surface area contributed by atoms with Crippen molar-refractivity contribution in [3.8, 4) is 0 Å². The maximum absolute atomic E-state index is 12.7. The molecule has 0 heterocycles. The number of thioether (sulfide) groups is 1. The Kier molecular flexibility index (Phi) is 7.21. The molecule has 1 aliphatic carbocycles. The molecule has 0 spiro atoms. The van der Waals surface area contributed by atoms with E-state index >= 15 is 0 Å². The van der Waals surface area contributed by atoms with Crippen LogP contribution in [0, 0.1) is 0 Å². The third-order valence-corrected chi connectivity index (χ3v) is 7.69. The summed E-state index contributed by atoms with van der Waals surface area (Å²) in [5.41, 5.74) is 0.533. The van der Waals surface area contributed by atoms with Crippen LogP contribution in [0.3, 0.4) is 0 Å². The first-order valence-electron chi connectivity index (χ1n) is 6.80. The van der Waals surface area contributed by atoms with E-state index in [0.29, 0.717) is 5.66 Å². The molecule has 0 aliphatic heterocycles. The van der Waals surface area contributed by atoms with Gasteiger partial charge in [0.2, 0.25) is 0 Å². The largest absolute Gasteiger partial charge is 0.324 e. The molecule has 1 aliphatic rings. The van der Waals surface area contributed by atoms with E-state index in [-0.39, 0.29) is 0 Å². The van der Waals surface area contributed by atoms with Crippen LogP contribution in [0.5, 0.6) is 0 Å². The first-order chi connectivity index (χ1) is 8.06. The molecule has 0 aromatic rings. The van der Waals surface area contributed by atoms with Gasteiger partial charge in [0.1, 0.15) is 0 Å². The lowest BCUT2D eigenvalue weighted by molar-refractivity contribution is 0.375. The summed E-state index contributed by atoms with van der Waals surface area (Å²) < 4.78 is 12.7. The third kappa shape index (κ3) is 5.81. The van der Waals surface area contributed by atoms with Crippen LogP contribution >= 0.6 is 18.9 Å². The monoisotopic (exact) mass is 277 g/mol. The quantitative estimate of drug-likeness (QED) is 0.663. The van der Waals surface area contributed by atoms with Crippen molar-refractivity contribution in [1.82, 2.24) is 4.90 Å². The van der Waals surface area contributed by atoms with Gasteiger partial charge in [0.05, 0.1) is 7.14 Å². The van der Waals surface area contributed by atoms with Gasteiger partial charge < -0.3 is 9.46 Å². The summed E-state index contributed by atoms with van der Waals surface area (Å²) in [6.45, 7) is 4.17. The smallest absolute Gasteiger partial charge is 0.0890 e. The van der Waals surface area contributed by atoms with E-state index in [4.69, 9.17) is 0 Å². The standard InChI is InChI=1S/C13H28NOPS/c1-14(10-12-17-3)9-11-16(2,15)13-7-5-4-6-8-13/h13H,4-12H2,1-3H3. The van der Waals surface area contributed by atoms with E-state index in [0.717, 1.165) is 19.3 Å². The van der Waals surface area contributed by atoms with Crippen molar-refractivity contribution in [3.63, 3.8) is 0 Å². The van der Waals surface area contributed by atoms with Gasteiger partial charge in [0, 0.05) is 30.7 Å². The lowest BCUT2D eigenvalue weighted by Gasteiger charge is -2.29. The molecule has 0 aromatic heterocycles. The summed E-state index contributed by atoms with van der Waals surface area (Å²) in [5, 5.41) is 0. The molecule has 0 saturated heterocycles. The van der Waals surface area contributed by atoms with Gasteiger partial charge >= 0.3 is 0 Å². The molecule has 0 amide bonds. The van der Waals surface area contributed by atoms with Gasteiger partial charge in [-0.1, -0.05) is 19.3 Å². The Labute approximate surface area is 111 Å². The lowest BCUT2D eigenvalue weighted by Crippen LogP contribution is -2.26. The summed E-state index contributed by atoms with van der Waals surface area (Å²) in [6.07, 6.45) is 9.42. The molecule has 0 radical (unpaired) electrons. The number of nitrogens with zero attached hydrogens (tertiary/aromatic N) is 1. The molecule has 1 rings (SSSR count). The number of hydrogen-bond donors (Lipinski definition) is 0. The normalized spacial score (nSPS) is 21.6. The van der Waals surface area contributed by atoms with Crippen molar-refractivity contribution in [2.75, 3.05) is 45.0 Å². The van der Waals surface area contributed by atoms with Crippen LogP contribution in [0.2, 0.25) is 0 Å². The Bertz CT molecular complexity index is 254. The topological polar surface area (TPSA) is 20.3 Å². The van der Waals surface area contributed by atoms with E-state index in [2.05, 4.69) is 18.2 Å². The van der Waals surface area contributed by atoms with Crippen LogP contribution in [0.25, 0.3) is 0 Å². The van der Waals surface area contributed by atoms with Crippen molar-refractivity contribution in [1.29, 1.82) is 0 Å². The summed E-state index contributed by atoms with van der Waals surface area (Å²) >= 11 is 1.88. The highest BCUT2D eigenvalue weighted by Gasteiger charge is 2.29. The summed E-state index contributed by atoms with van der Waals surface area (Å²) in [5.74, 6) is 1.17. The zero-order chi connectivity index (χ0) is 12.7. The molecule has 17 heavy (non-hydrogen) atoms. The fraction of sp³-hybridized carbons (Fsp3) is 1.00. The summed E-state index contributed by atoms with van der Waals surface area (Å²) in [4.78, 5) is 2.33. The lowest BCUT2D eigenvalue weighted by atomic mass is 10.0. The highest BCUT2D eigenvalue weighted by Crippen LogP contribution is 2.52. The van der Waals surface area contributed by atoms with Crippen LogP contribution in [0.4, 0.5) is 0 Å². The minimum absolute atomic E-state index is 0.533. The van der Waals surface area contributed by atoms with Crippen molar-refractivity contribution >= 4 is 18.9 Å². The second-order valence-corrected chi connectivity index (χ2v) is 10.00. The number of rotatable bonds is 7. The Morgan fingerprint density at radius 1 is 1.24 bits per heavy atom. The molecular formula is C13H28NOPS. The van der Waals surface area contributed by atoms with E-state index in [1.165, 1.54) is 37.9 Å². The maximum Gasteiger partial charge on any atom is 0.0890 e. The minimum atomic E-state index is -1.90. The number of hydrogen-bond acceptors (Lipinski definition) is 3. The second kappa shape index (κ2) is 7.86. The second-order valence-electron chi connectivity index (χ2n) is 5.49. The zero-order valence-electron chi connectivity index (χ0n) is 11.7. The molecule has 1 fully saturated rings. The molecular weight excluding hydrogens is 249 g/mol. The highest BCUT2D eigenvalue weighted by molar-refractivity contribution is 7.98. The van der Waals surface area contributed by atoms with Crippen molar-refractivity contribution < 1.29 is 4.57 Å². The predicted octanol–water partition coefficient (Wildman–Crippen LogP) is 3.61. The van der Waals surface area contributed by atoms with Crippen LogP contribution in [0.1, 0.15) is 32.1 Å². The molecule has 2 nitrogen and oxygen atoms in total. The Morgan fingerprint density at radius 2 is 1.88 bits per heavy atom. The Morgan fingerprint density at radius 3 is 2.47 bits per heavy atom. The van der Waals surface area contributed by atoms with Crippen LogP contribution in [0.15, 0.2) is 0 Å². The SMILES string of the molecule is CSCCN(C)CCP(C)(=O)C1CCCCC1. The molecule has 1 unspecified atom stereocenters. The Balaban J connectivity index is 2.30. The molecule has 0 aromatic carbocycles. The van der Waals surface area contributed by atoms with Crippen molar-refractivity contribution in [3.05, 3.63) is 0 Å². The first kappa shape index (κ1) is 15.6.